The van der Waals surface area contributed by atoms with Gasteiger partial charge in [0.1, 0.15) is 13.1 Å². The van der Waals surface area contributed by atoms with Crippen molar-refractivity contribution in [3.8, 4) is 12.1 Å². The Kier molecular flexibility index (Phi) is 6.49. The molecule has 0 unspecified atom stereocenters. The first-order valence-corrected chi connectivity index (χ1v) is 6.87. The number of hydrogen-bond donors (Lipinski definition) is 0. The fourth-order valence-corrected chi connectivity index (χ4v) is 2.48. The Morgan fingerprint density at radius 3 is 2.58 bits per heavy atom. The van der Waals surface area contributed by atoms with Crippen LogP contribution in [0.3, 0.4) is 0 Å². The molecular formula is C14H15N3OS. The van der Waals surface area contributed by atoms with Crippen molar-refractivity contribution in [2.45, 2.75) is 18.2 Å². The first-order valence-electron chi connectivity index (χ1n) is 5.88. The molecule has 0 radical (unpaired) electrons. The van der Waals surface area contributed by atoms with E-state index in [1.165, 1.54) is 10.5 Å². The summed E-state index contributed by atoms with van der Waals surface area (Å²) in [6, 6.07) is 11.9. The summed E-state index contributed by atoms with van der Waals surface area (Å²) in [6.07, 6.45) is 0.335. The minimum Gasteiger partial charge on any atom is -0.316 e. The van der Waals surface area contributed by atoms with Gasteiger partial charge in [-0.05, 0) is 19.1 Å². The first-order chi connectivity index (χ1) is 9.17. The highest BCUT2D eigenvalue weighted by molar-refractivity contribution is 7.99. The van der Waals surface area contributed by atoms with Crippen molar-refractivity contribution in [3.63, 3.8) is 0 Å². The Morgan fingerprint density at radius 2 is 2.00 bits per heavy atom. The van der Waals surface area contributed by atoms with Crippen molar-refractivity contribution in [1.29, 1.82) is 10.5 Å². The minimum atomic E-state index is -0.150. The zero-order valence-corrected chi connectivity index (χ0v) is 11.6. The van der Waals surface area contributed by atoms with Gasteiger partial charge in [-0.25, -0.2) is 0 Å². The van der Waals surface area contributed by atoms with Crippen molar-refractivity contribution in [1.82, 2.24) is 4.90 Å². The summed E-state index contributed by atoms with van der Waals surface area (Å²) in [4.78, 5) is 14.2. The van der Waals surface area contributed by atoms with Crippen LogP contribution in [-0.4, -0.2) is 29.6 Å². The molecule has 0 atom stereocenters. The molecular weight excluding hydrogens is 258 g/mol. The number of amides is 1. The molecule has 0 aromatic heterocycles. The van der Waals surface area contributed by atoms with Gasteiger partial charge < -0.3 is 4.90 Å². The number of thioether (sulfide) groups is 1. The molecule has 0 saturated carbocycles. The van der Waals surface area contributed by atoms with E-state index in [-0.39, 0.29) is 19.0 Å². The fourth-order valence-electron chi connectivity index (χ4n) is 1.52. The molecule has 1 amide bonds. The third-order valence-corrected chi connectivity index (χ3v) is 3.45. The second-order valence-electron chi connectivity index (χ2n) is 3.98. The predicted molar refractivity (Wildman–Crippen MR) is 74.3 cm³/mol. The maximum atomic E-state index is 11.8. The zero-order valence-electron chi connectivity index (χ0n) is 10.8. The number of hydrogen-bond acceptors (Lipinski definition) is 4. The van der Waals surface area contributed by atoms with Gasteiger partial charge in [-0.15, -0.1) is 11.8 Å². The number of benzene rings is 1. The van der Waals surface area contributed by atoms with Crippen LogP contribution in [0.15, 0.2) is 29.2 Å². The van der Waals surface area contributed by atoms with Crippen LogP contribution in [0.4, 0.5) is 0 Å². The summed E-state index contributed by atoms with van der Waals surface area (Å²) >= 11 is 1.60. The Bertz CT molecular complexity index is 500. The minimum absolute atomic E-state index is 0.0263. The fraction of sp³-hybridized carbons (Fsp3) is 0.357. The molecule has 5 heteroatoms. The largest absolute Gasteiger partial charge is 0.316 e. The van der Waals surface area contributed by atoms with E-state index in [0.717, 1.165) is 4.90 Å². The van der Waals surface area contributed by atoms with Crippen LogP contribution in [0.1, 0.15) is 12.0 Å². The summed E-state index contributed by atoms with van der Waals surface area (Å²) in [6.45, 7) is 1.97. The van der Waals surface area contributed by atoms with Gasteiger partial charge >= 0.3 is 0 Å². The second-order valence-corrected chi connectivity index (χ2v) is 5.15. The highest BCUT2D eigenvalue weighted by Crippen LogP contribution is 2.19. The Labute approximate surface area is 117 Å². The topological polar surface area (TPSA) is 67.9 Å². The molecule has 0 aliphatic carbocycles. The third-order valence-electron chi connectivity index (χ3n) is 2.45. The zero-order chi connectivity index (χ0) is 14.1. The van der Waals surface area contributed by atoms with Crippen molar-refractivity contribution in [3.05, 3.63) is 29.8 Å². The average molecular weight is 273 g/mol. The van der Waals surface area contributed by atoms with Gasteiger partial charge in [0, 0.05) is 17.1 Å². The van der Waals surface area contributed by atoms with Crippen molar-refractivity contribution < 1.29 is 4.79 Å². The van der Waals surface area contributed by atoms with Crippen molar-refractivity contribution in [2.24, 2.45) is 0 Å². The molecule has 1 rings (SSSR count). The van der Waals surface area contributed by atoms with Gasteiger partial charge in [-0.3, -0.25) is 4.79 Å². The van der Waals surface area contributed by atoms with E-state index in [9.17, 15) is 4.79 Å². The molecule has 0 heterocycles. The van der Waals surface area contributed by atoms with E-state index < -0.39 is 0 Å². The lowest BCUT2D eigenvalue weighted by atomic mass is 10.2. The monoisotopic (exact) mass is 273 g/mol. The van der Waals surface area contributed by atoms with E-state index in [2.05, 4.69) is 6.07 Å². The van der Waals surface area contributed by atoms with Crippen LogP contribution in [-0.2, 0) is 4.79 Å². The smallest absolute Gasteiger partial charge is 0.225 e. The number of nitriles is 2. The third kappa shape index (κ3) is 5.46. The van der Waals surface area contributed by atoms with Gasteiger partial charge in [0.15, 0.2) is 0 Å². The highest BCUT2D eigenvalue weighted by atomic mass is 32.2. The molecule has 0 aliphatic rings. The van der Waals surface area contributed by atoms with Crippen LogP contribution >= 0.6 is 11.8 Å². The van der Waals surface area contributed by atoms with Gasteiger partial charge in [-0.1, -0.05) is 17.7 Å². The maximum absolute atomic E-state index is 11.8. The molecule has 0 spiro atoms. The van der Waals surface area contributed by atoms with Crippen LogP contribution < -0.4 is 0 Å². The molecule has 0 fully saturated rings. The van der Waals surface area contributed by atoms with Gasteiger partial charge in [0.05, 0.1) is 12.1 Å². The molecule has 0 N–H and O–H groups in total. The van der Waals surface area contributed by atoms with Crippen molar-refractivity contribution in [2.75, 3.05) is 18.8 Å². The lowest BCUT2D eigenvalue weighted by Gasteiger charge is -2.15. The Hall–Kier alpha value is -1.98. The number of aryl methyl sites for hydroxylation is 1. The number of rotatable bonds is 6. The molecule has 0 bridgehead atoms. The lowest BCUT2D eigenvalue weighted by molar-refractivity contribution is -0.129. The highest BCUT2D eigenvalue weighted by Gasteiger charge is 2.12. The molecule has 98 valence electrons. The molecule has 1 aromatic carbocycles. The molecule has 1 aromatic rings. The van der Waals surface area contributed by atoms with Crippen molar-refractivity contribution >= 4 is 17.7 Å². The lowest BCUT2D eigenvalue weighted by Crippen LogP contribution is -2.31. The maximum Gasteiger partial charge on any atom is 0.225 e. The summed E-state index contributed by atoms with van der Waals surface area (Å²) < 4.78 is 0. The van der Waals surface area contributed by atoms with E-state index in [4.69, 9.17) is 10.5 Å². The first kappa shape index (κ1) is 15.1. The summed E-state index contributed by atoms with van der Waals surface area (Å²) in [5.74, 6) is 0.499. The van der Waals surface area contributed by atoms with Crippen LogP contribution in [0.25, 0.3) is 0 Å². The van der Waals surface area contributed by atoms with Gasteiger partial charge in [0.25, 0.3) is 0 Å². The predicted octanol–water partition coefficient (Wildman–Crippen LogP) is 2.35. The van der Waals surface area contributed by atoms with E-state index >= 15 is 0 Å². The van der Waals surface area contributed by atoms with E-state index in [1.54, 1.807) is 11.8 Å². The van der Waals surface area contributed by atoms with Crippen LogP contribution in [0.5, 0.6) is 0 Å². The molecule has 0 aliphatic heterocycles. The average Bonchev–Trinajstić information content (AvgIpc) is 2.38. The summed E-state index contributed by atoms with van der Waals surface area (Å²) in [7, 11) is 0. The number of carbonyl (C=O) groups excluding carboxylic acids is 1. The standard InChI is InChI=1S/C14H15N3OS/c1-12-3-2-4-13(11-12)19-10-5-14(18)17(8-6-15)9-7-16/h2-4,11H,5,8-10H2,1H3. The van der Waals surface area contributed by atoms with E-state index in [1.807, 2.05) is 37.3 Å². The number of nitrogens with zero attached hydrogens (tertiary/aromatic N) is 3. The van der Waals surface area contributed by atoms with Gasteiger partial charge in [-0.2, -0.15) is 10.5 Å². The Morgan fingerprint density at radius 1 is 1.32 bits per heavy atom. The number of carbonyl (C=O) groups is 1. The normalized spacial score (nSPS) is 9.42. The quantitative estimate of drug-likeness (QED) is 0.589. The summed E-state index contributed by atoms with van der Waals surface area (Å²) in [5.41, 5.74) is 1.19. The molecule has 0 saturated heterocycles. The second kappa shape index (κ2) is 8.18. The summed E-state index contributed by atoms with van der Waals surface area (Å²) in [5, 5.41) is 17.2. The van der Waals surface area contributed by atoms with Gasteiger partial charge in [0.2, 0.25) is 5.91 Å². The Balaban J connectivity index is 2.42. The SMILES string of the molecule is Cc1cccc(SCCC(=O)N(CC#N)CC#N)c1. The molecule has 4 nitrogen and oxygen atoms in total. The molecule has 19 heavy (non-hydrogen) atoms. The van der Waals surface area contributed by atoms with E-state index in [0.29, 0.717) is 12.2 Å². The van der Waals surface area contributed by atoms with Crippen LogP contribution in [0, 0.1) is 29.6 Å². The van der Waals surface area contributed by atoms with Crippen LogP contribution in [0.2, 0.25) is 0 Å².